The first-order chi connectivity index (χ1) is 16.0. The molecule has 0 radical (unpaired) electrons. The van der Waals surface area contributed by atoms with Crippen molar-refractivity contribution >= 4 is 35.2 Å². The number of hydrogen-bond donors (Lipinski definition) is 2. The Labute approximate surface area is 195 Å². The second-order valence-electron chi connectivity index (χ2n) is 6.72. The molecule has 3 rings (SSSR count). The number of carbonyl (C=O) groups is 3. The largest absolute Gasteiger partial charge is 0.465 e. The molecule has 3 aromatic rings. The van der Waals surface area contributed by atoms with Crippen molar-refractivity contribution in [2.75, 3.05) is 18.2 Å². The molecule has 0 bridgehead atoms. The maximum Gasteiger partial charge on any atom is 0.339 e. The van der Waals surface area contributed by atoms with Crippen molar-refractivity contribution in [3.8, 4) is 0 Å². The molecule has 10 heteroatoms. The summed E-state index contributed by atoms with van der Waals surface area (Å²) in [5.74, 6) is -0.490. The number of nitrogens with zero attached hydrogens (tertiary/aromatic N) is 3. The van der Waals surface area contributed by atoms with Crippen molar-refractivity contribution in [1.29, 1.82) is 0 Å². The number of rotatable bonds is 10. The Bertz CT molecular complexity index is 1150. The van der Waals surface area contributed by atoms with Gasteiger partial charge in [0.2, 0.25) is 5.91 Å². The van der Waals surface area contributed by atoms with Crippen LogP contribution in [-0.4, -0.2) is 45.4 Å². The van der Waals surface area contributed by atoms with E-state index in [2.05, 4.69) is 27.4 Å². The number of esters is 1. The number of hydrogen-bond acceptors (Lipinski definition) is 7. The van der Waals surface area contributed by atoms with Crippen molar-refractivity contribution in [2.24, 2.45) is 0 Å². The first-order valence-electron chi connectivity index (χ1n) is 9.99. The molecule has 0 aliphatic carbocycles. The quantitative estimate of drug-likeness (QED) is 0.269. The Kier molecular flexibility index (Phi) is 8.36. The van der Waals surface area contributed by atoms with Gasteiger partial charge in [0.15, 0.2) is 11.0 Å². The molecular formula is C23H23N5O4S. The van der Waals surface area contributed by atoms with E-state index in [1.165, 1.54) is 18.9 Å². The van der Waals surface area contributed by atoms with Crippen LogP contribution in [0.1, 0.15) is 26.5 Å². The average molecular weight is 466 g/mol. The Morgan fingerprint density at radius 3 is 2.55 bits per heavy atom. The van der Waals surface area contributed by atoms with Crippen molar-refractivity contribution in [3.05, 3.63) is 84.2 Å². The summed E-state index contributed by atoms with van der Waals surface area (Å²) in [5, 5.41) is 14.3. The molecule has 0 unspecified atom stereocenters. The van der Waals surface area contributed by atoms with Crippen LogP contribution >= 0.6 is 11.8 Å². The molecule has 0 spiro atoms. The van der Waals surface area contributed by atoms with Crippen molar-refractivity contribution in [3.63, 3.8) is 0 Å². The molecule has 170 valence electrons. The fourth-order valence-corrected chi connectivity index (χ4v) is 3.68. The Hall–Kier alpha value is -3.92. The summed E-state index contributed by atoms with van der Waals surface area (Å²) in [4.78, 5) is 36.7. The van der Waals surface area contributed by atoms with Gasteiger partial charge in [0.1, 0.15) is 0 Å². The Balaban J connectivity index is 1.63. The van der Waals surface area contributed by atoms with Gasteiger partial charge in [-0.1, -0.05) is 48.2 Å². The number of aromatic nitrogens is 3. The van der Waals surface area contributed by atoms with Gasteiger partial charge in [0.05, 0.1) is 30.7 Å². The highest BCUT2D eigenvalue weighted by Gasteiger charge is 2.17. The zero-order valence-corrected chi connectivity index (χ0v) is 18.8. The normalized spacial score (nSPS) is 10.3. The minimum atomic E-state index is -0.536. The number of para-hydroxylation sites is 1. The first-order valence-corrected chi connectivity index (χ1v) is 11.0. The van der Waals surface area contributed by atoms with Gasteiger partial charge in [-0.05, 0) is 24.3 Å². The lowest BCUT2D eigenvalue weighted by Crippen LogP contribution is -2.24. The van der Waals surface area contributed by atoms with Crippen LogP contribution in [0.5, 0.6) is 0 Å². The lowest BCUT2D eigenvalue weighted by molar-refractivity contribution is -0.113. The number of carbonyl (C=O) groups excluding carboxylic acids is 3. The van der Waals surface area contributed by atoms with E-state index >= 15 is 0 Å². The van der Waals surface area contributed by atoms with E-state index in [1.807, 2.05) is 6.07 Å². The SMILES string of the molecule is C=CCn1c(CNC(=O)c2ccccc2)nnc1SCC(=O)Nc1ccccc1C(=O)OC. The molecule has 0 aliphatic rings. The molecular weight excluding hydrogens is 442 g/mol. The molecule has 1 heterocycles. The van der Waals surface area contributed by atoms with E-state index in [-0.39, 0.29) is 29.7 Å². The first kappa shape index (κ1) is 23.7. The van der Waals surface area contributed by atoms with E-state index in [0.717, 1.165) is 0 Å². The van der Waals surface area contributed by atoms with Gasteiger partial charge in [0.25, 0.3) is 5.91 Å². The lowest BCUT2D eigenvalue weighted by Gasteiger charge is -2.10. The second-order valence-corrected chi connectivity index (χ2v) is 7.66. The van der Waals surface area contributed by atoms with Crippen molar-refractivity contribution < 1.29 is 19.1 Å². The summed E-state index contributed by atoms with van der Waals surface area (Å²) >= 11 is 1.19. The minimum Gasteiger partial charge on any atom is -0.465 e. The summed E-state index contributed by atoms with van der Waals surface area (Å²) < 4.78 is 6.52. The maximum atomic E-state index is 12.5. The third kappa shape index (κ3) is 6.30. The van der Waals surface area contributed by atoms with Crippen LogP contribution in [0.2, 0.25) is 0 Å². The smallest absolute Gasteiger partial charge is 0.339 e. The highest BCUT2D eigenvalue weighted by Crippen LogP contribution is 2.20. The third-order valence-electron chi connectivity index (χ3n) is 4.49. The topological polar surface area (TPSA) is 115 Å². The molecule has 2 N–H and O–H groups in total. The Morgan fingerprint density at radius 1 is 1.09 bits per heavy atom. The fourth-order valence-electron chi connectivity index (χ4n) is 2.92. The molecule has 2 aromatic carbocycles. The maximum absolute atomic E-state index is 12.5. The predicted molar refractivity (Wildman–Crippen MR) is 125 cm³/mol. The van der Waals surface area contributed by atoms with E-state index < -0.39 is 5.97 Å². The van der Waals surface area contributed by atoms with Crippen LogP contribution in [0.25, 0.3) is 0 Å². The molecule has 2 amide bonds. The summed E-state index contributed by atoms with van der Waals surface area (Å²) in [6.45, 7) is 4.34. The lowest BCUT2D eigenvalue weighted by atomic mass is 10.2. The zero-order valence-electron chi connectivity index (χ0n) is 18.0. The average Bonchev–Trinajstić information content (AvgIpc) is 3.23. The van der Waals surface area contributed by atoms with Crippen LogP contribution in [0, 0.1) is 0 Å². The molecule has 0 fully saturated rings. The number of thioether (sulfide) groups is 1. The monoisotopic (exact) mass is 465 g/mol. The van der Waals surface area contributed by atoms with E-state index in [9.17, 15) is 14.4 Å². The van der Waals surface area contributed by atoms with Gasteiger partial charge in [-0.2, -0.15) is 0 Å². The number of methoxy groups -OCH3 is 1. The number of benzene rings is 2. The summed E-state index contributed by atoms with van der Waals surface area (Å²) in [7, 11) is 1.28. The third-order valence-corrected chi connectivity index (χ3v) is 5.45. The Morgan fingerprint density at radius 2 is 1.82 bits per heavy atom. The molecule has 1 aromatic heterocycles. The van der Waals surface area contributed by atoms with Crippen LogP contribution < -0.4 is 10.6 Å². The number of nitrogens with one attached hydrogen (secondary N) is 2. The minimum absolute atomic E-state index is 0.0428. The fraction of sp³-hybridized carbons (Fsp3) is 0.174. The summed E-state index contributed by atoms with van der Waals surface area (Å²) in [5.41, 5.74) is 1.18. The molecule has 0 saturated carbocycles. The molecule has 9 nitrogen and oxygen atoms in total. The second kappa shape index (κ2) is 11.6. The van der Waals surface area contributed by atoms with Crippen LogP contribution in [0.4, 0.5) is 5.69 Å². The molecule has 33 heavy (non-hydrogen) atoms. The number of anilines is 1. The van der Waals surface area contributed by atoms with Crippen LogP contribution in [0.15, 0.2) is 72.4 Å². The predicted octanol–water partition coefficient (Wildman–Crippen LogP) is 2.91. The van der Waals surface area contributed by atoms with E-state index in [0.29, 0.717) is 28.8 Å². The standard InChI is InChI=1S/C23H23N5O4S/c1-3-13-28-19(14-24-21(30)16-9-5-4-6-10-16)26-27-23(28)33-15-20(29)25-18-12-8-7-11-17(18)22(31)32-2/h3-12H,1,13-15H2,2H3,(H,24,30)(H,25,29). The van der Waals surface area contributed by atoms with Crippen LogP contribution in [0.3, 0.4) is 0 Å². The molecule has 0 saturated heterocycles. The van der Waals surface area contributed by atoms with Gasteiger partial charge < -0.3 is 19.9 Å². The summed E-state index contributed by atoms with van der Waals surface area (Å²) in [6.07, 6.45) is 1.68. The van der Waals surface area contributed by atoms with Gasteiger partial charge in [-0.3, -0.25) is 9.59 Å². The zero-order chi connectivity index (χ0) is 23.6. The highest BCUT2D eigenvalue weighted by atomic mass is 32.2. The highest BCUT2D eigenvalue weighted by molar-refractivity contribution is 7.99. The summed E-state index contributed by atoms with van der Waals surface area (Å²) in [6, 6.07) is 15.5. The number of amides is 2. The molecule has 0 atom stereocenters. The van der Waals surface area contributed by atoms with Crippen molar-refractivity contribution in [1.82, 2.24) is 20.1 Å². The van der Waals surface area contributed by atoms with Gasteiger partial charge >= 0.3 is 5.97 Å². The van der Waals surface area contributed by atoms with Crippen molar-refractivity contribution in [2.45, 2.75) is 18.2 Å². The number of allylic oxidation sites excluding steroid dienone is 1. The van der Waals surface area contributed by atoms with E-state index in [4.69, 9.17) is 4.74 Å². The van der Waals surface area contributed by atoms with Gasteiger partial charge in [0, 0.05) is 12.1 Å². The van der Waals surface area contributed by atoms with Gasteiger partial charge in [-0.15, -0.1) is 16.8 Å². The van der Waals surface area contributed by atoms with Crippen LogP contribution in [-0.2, 0) is 22.6 Å². The van der Waals surface area contributed by atoms with E-state index in [1.54, 1.807) is 59.2 Å². The number of ether oxygens (including phenoxy) is 1. The van der Waals surface area contributed by atoms with Gasteiger partial charge in [-0.25, -0.2) is 4.79 Å². The molecule has 0 aliphatic heterocycles.